The summed E-state index contributed by atoms with van der Waals surface area (Å²) in [5.74, 6) is 0. The molecule has 3 nitrogen and oxygen atoms in total. The monoisotopic (exact) mass is 223 g/mol. The highest BCUT2D eigenvalue weighted by molar-refractivity contribution is 7.89. The maximum absolute atomic E-state index is 12.0. The maximum atomic E-state index is 12.0. The van der Waals surface area contributed by atoms with Gasteiger partial charge >= 0.3 is 0 Å². The van der Waals surface area contributed by atoms with Gasteiger partial charge in [0.05, 0.1) is 4.90 Å². The number of benzene rings is 1. The average Bonchev–Trinajstić information content (AvgIpc) is 2.17. The predicted octanol–water partition coefficient (Wildman–Crippen LogP) is 1.69. The van der Waals surface area contributed by atoms with Crippen molar-refractivity contribution in [2.45, 2.75) is 18.2 Å². The first-order chi connectivity index (χ1) is 6.93. The van der Waals surface area contributed by atoms with Gasteiger partial charge in [0, 0.05) is 19.2 Å². The van der Waals surface area contributed by atoms with E-state index in [1.165, 1.54) is 4.31 Å². The van der Waals surface area contributed by atoms with Crippen LogP contribution in [0.5, 0.6) is 0 Å². The molecule has 0 unspecified atom stereocenters. The Hall–Kier alpha value is -1.29. The van der Waals surface area contributed by atoms with E-state index in [-0.39, 0.29) is 0 Å². The van der Waals surface area contributed by atoms with Crippen molar-refractivity contribution >= 4 is 10.0 Å². The molecule has 0 bridgehead atoms. The van der Waals surface area contributed by atoms with Crippen molar-refractivity contribution < 1.29 is 8.42 Å². The molecule has 1 aromatic rings. The molecule has 0 fully saturated rings. The summed E-state index contributed by atoms with van der Waals surface area (Å²) >= 11 is 0. The van der Waals surface area contributed by atoms with Gasteiger partial charge in [-0.3, -0.25) is 4.31 Å². The third-order valence-corrected chi connectivity index (χ3v) is 4.62. The van der Waals surface area contributed by atoms with Crippen molar-refractivity contribution in [1.82, 2.24) is 4.31 Å². The lowest BCUT2D eigenvalue weighted by Crippen LogP contribution is -2.31. The summed E-state index contributed by atoms with van der Waals surface area (Å²) < 4.78 is 25.3. The van der Waals surface area contributed by atoms with Crippen LogP contribution in [0.15, 0.2) is 35.4 Å². The van der Waals surface area contributed by atoms with Crippen LogP contribution in [-0.2, 0) is 16.4 Å². The Morgan fingerprint density at radius 1 is 1.40 bits per heavy atom. The molecule has 0 atom stereocenters. The number of fused-ring (bicyclic) bond motifs is 1. The van der Waals surface area contributed by atoms with Gasteiger partial charge in [0.1, 0.15) is 0 Å². The molecule has 0 spiro atoms. The van der Waals surface area contributed by atoms with Gasteiger partial charge in [-0.2, -0.15) is 0 Å². The van der Waals surface area contributed by atoms with Crippen LogP contribution >= 0.6 is 0 Å². The van der Waals surface area contributed by atoms with Crippen molar-refractivity contribution in [3.63, 3.8) is 0 Å². The zero-order chi connectivity index (χ0) is 11.2. The molecule has 2 rings (SSSR count). The molecule has 4 heteroatoms. The summed E-state index contributed by atoms with van der Waals surface area (Å²) in [6.07, 6.45) is 0.603. The predicted molar refractivity (Wildman–Crippen MR) is 59.0 cm³/mol. The van der Waals surface area contributed by atoms with Crippen LogP contribution in [0.2, 0.25) is 0 Å². The molecule has 0 saturated heterocycles. The lowest BCUT2D eigenvalue weighted by atomic mass is 10.1. The zero-order valence-electron chi connectivity index (χ0n) is 8.82. The molecule has 0 amide bonds. The number of hydrogen-bond donors (Lipinski definition) is 0. The van der Waals surface area contributed by atoms with E-state index < -0.39 is 10.0 Å². The van der Waals surface area contributed by atoms with Crippen molar-refractivity contribution in [3.8, 4) is 0 Å². The number of rotatable bonds is 0. The molecule has 1 aliphatic rings. The van der Waals surface area contributed by atoms with E-state index in [0.29, 0.717) is 17.0 Å². The number of aryl methyl sites for hydroxylation is 1. The van der Waals surface area contributed by atoms with Gasteiger partial charge in [-0.25, -0.2) is 8.42 Å². The molecule has 1 aromatic carbocycles. The van der Waals surface area contributed by atoms with E-state index in [0.717, 1.165) is 11.1 Å². The second kappa shape index (κ2) is 3.10. The molecular weight excluding hydrogens is 210 g/mol. The molecule has 0 N–H and O–H groups in total. The number of sulfonamides is 1. The van der Waals surface area contributed by atoms with E-state index in [2.05, 4.69) is 6.58 Å². The number of likely N-dealkylation sites (N-methyl/N-ethyl adjacent to an activating group) is 1. The van der Waals surface area contributed by atoms with Crippen LogP contribution in [-0.4, -0.2) is 19.8 Å². The quantitative estimate of drug-likeness (QED) is 0.671. The highest BCUT2D eigenvalue weighted by atomic mass is 32.2. The van der Waals surface area contributed by atoms with Crippen LogP contribution in [0.1, 0.15) is 11.1 Å². The minimum Gasteiger partial charge on any atom is -0.274 e. The fraction of sp³-hybridized carbons (Fsp3) is 0.273. The molecule has 1 aliphatic heterocycles. The smallest absolute Gasteiger partial charge is 0.264 e. The van der Waals surface area contributed by atoms with Gasteiger partial charge in [0.2, 0.25) is 0 Å². The lowest BCUT2D eigenvalue weighted by molar-refractivity contribution is 0.507. The third-order valence-electron chi connectivity index (χ3n) is 2.70. The fourth-order valence-electron chi connectivity index (χ4n) is 1.70. The Morgan fingerprint density at radius 3 is 2.73 bits per heavy atom. The Balaban J connectivity index is 2.73. The fourth-order valence-corrected chi connectivity index (χ4v) is 3.20. The molecule has 0 aliphatic carbocycles. The molecule has 15 heavy (non-hydrogen) atoms. The van der Waals surface area contributed by atoms with Gasteiger partial charge in [-0.05, 0) is 24.1 Å². The topological polar surface area (TPSA) is 37.4 Å². The van der Waals surface area contributed by atoms with Crippen molar-refractivity contribution in [1.29, 1.82) is 0 Å². The zero-order valence-corrected chi connectivity index (χ0v) is 9.63. The highest BCUT2D eigenvalue weighted by Gasteiger charge is 2.30. The first-order valence-electron chi connectivity index (χ1n) is 4.69. The second-order valence-electron chi connectivity index (χ2n) is 3.83. The maximum Gasteiger partial charge on any atom is 0.264 e. The summed E-state index contributed by atoms with van der Waals surface area (Å²) in [6, 6.07) is 5.50. The molecule has 0 aromatic heterocycles. The van der Waals surface area contributed by atoms with Crippen molar-refractivity contribution in [2.24, 2.45) is 0 Å². The number of allylic oxidation sites excluding steroid dienone is 1. The standard InChI is InChI=1S/C11H13NO2S/c1-8-4-5-10-7-9(2)12(3)15(13,14)11(10)6-8/h4-6H,2,7H2,1,3H3. The van der Waals surface area contributed by atoms with Crippen molar-refractivity contribution in [2.75, 3.05) is 7.05 Å². The minimum absolute atomic E-state index is 0.414. The normalized spacial score (nSPS) is 18.8. The van der Waals surface area contributed by atoms with Crippen LogP contribution in [0.3, 0.4) is 0 Å². The van der Waals surface area contributed by atoms with Crippen LogP contribution in [0.4, 0.5) is 0 Å². The first-order valence-corrected chi connectivity index (χ1v) is 6.13. The van der Waals surface area contributed by atoms with Crippen LogP contribution < -0.4 is 0 Å². The number of hydrogen-bond acceptors (Lipinski definition) is 2. The van der Waals surface area contributed by atoms with Gasteiger partial charge in [-0.1, -0.05) is 18.7 Å². The Bertz CT molecular complexity index is 532. The first kappa shape index (κ1) is 10.2. The van der Waals surface area contributed by atoms with Gasteiger partial charge < -0.3 is 0 Å². The van der Waals surface area contributed by atoms with E-state index in [4.69, 9.17) is 0 Å². The molecule has 1 heterocycles. The van der Waals surface area contributed by atoms with Crippen LogP contribution in [0.25, 0.3) is 0 Å². The summed E-state index contributed by atoms with van der Waals surface area (Å²) in [4.78, 5) is 0.414. The minimum atomic E-state index is -3.36. The Kier molecular flexibility index (Phi) is 2.12. The summed E-state index contributed by atoms with van der Waals surface area (Å²) in [5.41, 5.74) is 2.41. The van der Waals surface area contributed by atoms with E-state index in [1.807, 2.05) is 19.1 Å². The van der Waals surface area contributed by atoms with E-state index >= 15 is 0 Å². The molecule has 0 saturated carbocycles. The largest absolute Gasteiger partial charge is 0.274 e. The van der Waals surface area contributed by atoms with Crippen LogP contribution in [0, 0.1) is 6.92 Å². The molecule has 80 valence electrons. The van der Waals surface area contributed by atoms with Gasteiger partial charge in [-0.15, -0.1) is 0 Å². The van der Waals surface area contributed by atoms with Gasteiger partial charge in [0.25, 0.3) is 10.0 Å². The van der Waals surface area contributed by atoms with Gasteiger partial charge in [0.15, 0.2) is 0 Å². The number of nitrogens with zero attached hydrogens (tertiary/aromatic N) is 1. The molecular formula is C11H13NO2S. The SMILES string of the molecule is C=C1Cc2ccc(C)cc2S(=O)(=O)N1C. The Morgan fingerprint density at radius 2 is 2.07 bits per heavy atom. The highest BCUT2D eigenvalue weighted by Crippen LogP contribution is 2.30. The second-order valence-corrected chi connectivity index (χ2v) is 5.76. The van der Waals surface area contributed by atoms with E-state index in [9.17, 15) is 8.42 Å². The van der Waals surface area contributed by atoms with E-state index in [1.54, 1.807) is 13.1 Å². The summed E-state index contributed by atoms with van der Waals surface area (Å²) in [6.45, 7) is 5.65. The van der Waals surface area contributed by atoms with Crippen molar-refractivity contribution in [3.05, 3.63) is 41.6 Å². The lowest BCUT2D eigenvalue weighted by Gasteiger charge is -2.28. The summed E-state index contributed by atoms with van der Waals surface area (Å²) in [5, 5.41) is 0. The third kappa shape index (κ3) is 1.45. The molecule has 0 radical (unpaired) electrons. The summed E-state index contributed by atoms with van der Waals surface area (Å²) in [7, 11) is -1.81. The average molecular weight is 223 g/mol. The Labute approximate surface area is 90.1 Å².